The fourth-order valence-corrected chi connectivity index (χ4v) is 9.50. The van der Waals surface area contributed by atoms with Crippen LogP contribution in [-0.2, 0) is 6.54 Å². The number of benzene rings is 9. The Morgan fingerprint density at radius 2 is 0.971 bits per heavy atom. The molecule has 9 aromatic carbocycles. The SMILES string of the molecule is C=N/C(=N\C(=N/Cc1cccc(-c2ccccc2)c1)c1cc(-n2c3c(c4ccccc42)/C=C/C=C/C=C\C=C/C=C\3)cc2c3ccccc3c3ccccc3c12)c1cccc(-c2ccccc2)c1. The number of aromatic nitrogens is 1. The van der Waals surface area contributed by atoms with E-state index in [9.17, 15) is 0 Å². The highest BCUT2D eigenvalue weighted by Gasteiger charge is 2.22. The van der Waals surface area contributed by atoms with E-state index in [2.05, 4.69) is 247 Å². The molecule has 0 atom stereocenters. The molecule has 0 saturated heterocycles. The Hall–Kier alpha value is -8.99. The molecule has 4 heteroatoms. The van der Waals surface area contributed by atoms with E-state index in [1.807, 2.05) is 24.3 Å². The zero-order valence-electron chi connectivity index (χ0n) is 37.5. The van der Waals surface area contributed by atoms with E-state index < -0.39 is 0 Å². The second-order valence-corrected chi connectivity index (χ2v) is 16.8. The summed E-state index contributed by atoms with van der Waals surface area (Å²) in [6.07, 6.45) is 21.0. The number of hydrogen-bond donors (Lipinski definition) is 0. The standard InChI is InChI=1S/C64H46N4/c1-65-63(50-31-23-30-49(41-50)47-27-12-9-13-28-47)67-64(66-44-45-24-22-29-48(40-45)46-25-10-8-11-26-46)59-43-51(42-58-54-34-17-16-32-52(54)53-33-18-19-37-57(53)62(58)59)68-60-38-15-7-5-3-2-4-6-14-35-55(60)56-36-20-21-39-61(56)68/h2-43H,1,44H2/b3-2-,4-2?,5-3?,6-4+,7-5-,14-6?,15-7?,35-14+,38-15-,55-35?,60-38?,66-64-,67-63-. The Kier molecular flexibility index (Phi) is 11.6. The van der Waals surface area contributed by atoms with Crippen LogP contribution in [0.3, 0.4) is 0 Å². The summed E-state index contributed by atoms with van der Waals surface area (Å²) >= 11 is 0. The van der Waals surface area contributed by atoms with Crippen molar-refractivity contribution in [2.24, 2.45) is 15.0 Å². The van der Waals surface area contributed by atoms with Crippen molar-refractivity contribution < 1.29 is 0 Å². The largest absolute Gasteiger partial charge is 0.309 e. The summed E-state index contributed by atoms with van der Waals surface area (Å²) in [6, 6.07) is 68.6. The molecule has 0 amide bonds. The van der Waals surface area contributed by atoms with E-state index in [1.165, 1.54) is 10.8 Å². The van der Waals surface area contributed by atoms with E-state index in [1.54, 1.807) is 0 Å². The van der Waals surface area contributed by atoms with Crippen molar-refractivity contribution in [2.75, 3.05) is 0 Å². The number of aliphatic imine (C=N–C) groups is 3. The molecular formula is C64H46N4. The van der Waals surface area contributed by atoms with Gasteiger partial charge in [-0.15, -0.1) is 0 Å². The normalized spacial score (nSPS) is 15.4. The average molecular weight is 871 g/mol. The zero-order valence-corrected chi connectivity index (χ0v) is 37.5. The molecule has 1 aliphatic rings. The van der Waals surface area contributed by atoms with Gasteiger partial charge in [-0.1, -0.05) is 218 Å². The summed E-state index contributed by atoms with van der Waals surface area (Å²) < 4.78 is 2.39. The molecule has 0 N–H and O–H groups in total. The van der Waals surface area contributed by atoms with Gasteiger partial charge in [-0.2, -0.15) is 0 Å². The molecule has 10 aromatic rings. The smallest absolute Gasteiger partial charge is 0.161 e. The van der Waals surface area contributed by atoms with Crippen LogP contribution in [0.25, 0.3) is 83.3 Å². The third kappa shape index (κ3) is 8.16. The van der Waals surface area contributed by atoms with Crippen LogP contribution < -0.4 is 0 Å². The summed E-state index contributed by atoms with van der Waals surface area (Å²) in [5.74, 6) is 1.05. The van der Waals surface area contributed by atoms with Gasteiger partial charge in [0.2, 0.25) is 0 Å². The van der Waals surface area contributed by atoms with Gasteiger partial charge in [-0.3, -0.25) is 4.99 Å². The van der Waals surface area contributed by atoms with Crippen LogP contribution in [0, 0.1) is 0 Å². The van der Waals surface area contributed by atoms with Crippen LogP contribution in [0.2, 0.25) is 0 Å². The summed E-state index contributed by atoms with van der Waals surface area (Å²) in [7, 11) is 0. The second kappa shape index (κ2) is 18.9. The zero-order chi connectivity index (χ0) is 45.7. The number of fused-ring (bicyclic) bond motifs is 9. The monoisotopic (exact) mass is 870 g/mol. The molecule has 0 spiro atoms. The van der Waals surface area contributed by atoms with Crippen LogP contribution in [0.15, 0.2) is 258 Å². The highest BCUT2D eigenvalue weighted by Crippen LogP contribution is 2.41. The molecule has 0 radical (unpaired) electrons. The Morgan fingerprint density at radius 3 is 1.66 bits per heavy atom. The first-order valence-electron chi connectivity index (χ1n) is 23.0. The highest BCUT2D eigenvalue weighted by atomic mass is 15.0. The van der Waals surface area contributed by atoms with E-state index in [4.69, 9.17) is 9.98 Å². The lowest BCUT2D eigenvalue weighted by Crippen LogP contribution is -2.08. The molecule has 68 heavy (non-hydrogen) atoms. The fraction of sp³-hybridized carbons (Fsp3) is 0.0156. The molecule has 1 aliphatic carbocycles. The lowest BCUT2D eigenvalue weighted by atomic mass is 9.90. The predicted molar refractivity (Wildman–Crippen MR) is 291 cm³/mol. The van der Waals surface area contributed by atoms with E-state index >= 15 is 0 Å². The molecule has 0 fully saturated rings. The fourth-order valence-electron chi connectivity index (χ4n) is 9.50. The Morgan fingerprint density at radius 1 is 0.426 bits per heavy atom. The van der Waals surface area contributed by atoms with Crippen LogP contribution in [-0.4, -0.2) is 23.0 Å². The molecule has 1 aromatic heterocycles. The predicted octanol–water partition coefficient (Wildman–Crippen LogP) is 16.2. The number of nitrogens with zero attached hydrogens (tertiary/aromatic N) is 4. The number of hydrogen-bond acceptors (Lipinski definition) is 1. The first-order valence-corrected chi connectivity index (χ1v) is 23.0. The van der Waals surface area contributed by atoms with Crippen LogP contribution >= 0.6 is 0 Å². The minimum atomic E-state index is 0.384. The van der Waals surface area contributed by atoms with E-state index in [-0.39, 0.29) is 0 Å². The van der Waals surface area contributed by atoms with Crippen molar-refractivity contribution in [3.8, 4) is 27.9 Å². The maximum Gasteiger partial charge on any atom is 0.161 e. The van der Waals surface area contributed by atoms with Gasteiger partial charge < -0.3 is 4.57 Å². The van der Waals surface area contributed by atoms with Crippen LogP contribution in [0.1, 0.15) is 27.9 Å². The van der Waals surface area contributed by atoms with Gasteiger partial charge in [0.25, 0.3) is 0 Å². The third-order valence-electron chi connectivity index (χ3n) is 12.6. The molecule has 4 nitrogen and oxygen atoms in total. The van der Waals surface area contributed by atoms with Gasteiger partial charge in [0.05, 0.1) is 17.8 Å². The molecule has 0 saturated carbocycles. The molecule has 322 valence electrons. The van der Waals surface area contributed by atoms with Gasteiger partial charge >= 0.3 is 0 Å². The maximum absolute atomic E-state index is 5.56. The minimum absolute atomic E-state index is 0.384. The molecule has 11 rings (SSSR count). The maximum atomic E-state index is 5.56. The van der Waals surface area contributed by atoms with Crippen molar-refractivity contribution in [3.05, 3.63) is 271 Å². The number of amidine groups is 2. The van der Waals surface area contributed by atoms with Gasteiger partial charge in [0, 0.05) is 33.2 Å². The lowest BCUT2D eigenvalue weighted by Gasteiger charge is -2.18. The number of rotatable bonds is 7. The van der Waals surface area contributed by atoms with Crippen molar-refractivity contribution >= 4 is 73.8 Å². The molecule has 0 aliphatic heterocycles. The number of allylic oxidation sites excluding steroid dienone is 8. The van der Waals surface area contributed by atoms with Crippen LogP contribution in [0.4, 0.5) is 0 Å². The first kappa shape index (κ1) is 41.7. The molecule has 0 bridgehead atoms. The minimum Gasteiger partial charge on any atom is -0.309 e. The van der Waals surface area contributed by atoms with Gasteiger partial charge in [0.15, 0.2) is 11.7 Å². The van der Waals surface area contributed by atoms with Gasteiger partial charge in [-0.25, -0.2) is 9.98 Å². The van der Waals surface area contributed by atoms with Crippen molar-refractivity contribution in [1.82, 2.24) is 4.57 Å². The van der Waals surface area contributed by atoms with Gasteiger partial charge in [0.1, 0.15) is 0 Å². The quantitative estimate of drug-likeness (QED) is 0.0870. The van der Waals surface area contributed by atoms with Gasteiger partial charge in [-0.05, 0) is 97.9 Å². The van der Waals surface area contributed by atoms with E-state index in [0.717, 1.165) is 88.3 Å². The van der Waals surface area contributed by atoms with Crippen LogP contribution in [0.5, 0.6) is 0 Å². The second-order valence-electron chi connectivity index (χ2n) is 16.8. The third-order valence-corrected chi connectivity index (χ3v) is 12.6. The van der Waals surface area contributed by atoms with Crippen molar-refractivity contribution in [1.29, 1.82) is 0 Å². The summed E-state index contributed by atoms with van der Waals surface area (Å²) in [6.45, 7) is 4.50. The lowest BCUT2D eigenvalue weighted by molar-refractivity contribution is 1.06. The summed E-state index contributed by atoms with van der Waals surface area (Å²) in [5.41, 5.74) is 11.6. The molecule has 0 unspecified atom stereocenters. The Balaban J connectivity index is 1.22. The molecular weight excluding hydrogens is 825 g/mol. The summed E-state index contributed by atoms with van der Waals surface area (Å²) in [5, 5.41) is 7.95. The van der Waals surface area contributed by atoms with Crippen molar-refractivity contribution in [3.63, 3.8) is 0 Å². The number of para-hydroxylation sites is 1. The van der Waals surface area contributed by atoms with E-state index in [0.29, 0.717) is 18.2 Å². The Labute approximate surface area is 396 Å². The van der Waals surface area contributed by atoms with Crippen molar-refractivity contribution in [2.45, 2.75) is 6.54 Å². The highest BCUT2D eigenvalue weighted by molar-refractivity contribution is 6.31. The average Bonchev–Trinajstić information content (AvgIpc) is 3.71. The summed E-state index contributed by atoms with van der Waals surface area (Å²) in [4.78, 5) is 15.7. The topological polar surface area (TPSA) is 42.0 Å². The molecule has 1 heterocycles. The Bertz CT molecular complexity index is 3760. The first-order chi connectivity index (χ1) is 33.7.